The van der Waals surface area contributed by atoms with Gasteiger partial charge in [0, 0.05) is 24.2 Å². The summed E-state index contributed by atoms with van der Waals surface area (Å²) in [6.45, 7) is 0.514. The molecule has 2 heterocycles. The number of carbonyl (C=O) groups excluding carboxylic acids is 2. The summed E-state index contributed by atoms with van der Waals surface area (Å²) in [5.74, 6) is 1.13. The standard InChI is InChI=1S/C19H22N4O2/c24-18(13-4-5-13)23-17-9-14(6-7-21-17)19(25)22-16-8-15(10-20-11-16)12-2-1-3-12/h6,8-13,21H,1-5,7H2,(H,22,25)(H,23,24). The topological polar surface area (TPSA) is 83.1 Å². The van der Waals surface area contributed by atoms with Crippen molar-refractivity contribution in [3.05, 3.63) is 47.6 Å². The molecule has 0 spiro atoms. The lowest BCUT2D eigenvalue weighted by Gasteiger charge is -2.25. The highest BCUT2D eigenvalue weighted by atomic mass is 16.2. The van der Waals surface area contributed by atoms with Gasteiger partial charge in [0.05, 0.1) is 11.9 Å². The van der Waals surface area contributed by atoms with Gasteiger partial charge in [-0.2, -0.15) is 0 Å². The van der Waals surface area contributed by atoms with E-state index in [4.69, 9.17) is 0 Å². The number of nitrogens with zero attached hydrogens (tertiary/aromatic N) is 1. The molecule has 1 aliphatic heterocycles. The number of aromatic nitrogens is 1. The fourth-order valence-electron chi connectivity index (χ4n) is 3.05. The summed E-state index contributed by atoms with van der Waals surface area (Å²) >= 11 is 0. The number of amides is 2. The molecular formula is C19H22N4O2. The number of hydrogen-bond acceptors (Lipinski definition) is 4. The molecule has 0 aromatic carbocycles. The third-order valence-electron chi connectivity index (χ3n) is 4.98. The van der Waals surface area contributed by atoms with Crippen molar-refractivity contribution in [2.24, 2.45) is 5.92 Å². The third kappa shape index (κ3) is 3.73. The van der Waals surface area contributed by atoms with Crippen LogP contribution in [0.25, 0.3) is 0 Å². The molecule has 0 saturated heterocycles. The van der Waals surface area contributed by atoms with E-state index in [1.165, 1.54) is 24.8 Å². The Hall–Kier alpha value is -2.63. The number of pyridine rings is 1. The molecule has 0 bridgehead atoms. The van der Waals surface area contributed by atoms with Gasteiger partial charge < -0.3 is 16.0 Å². The molecule has 25 heavy (non-hydrogen) atoms. The second kappa shape index (κ2) is 6.70. The Bertz CT molecular complexity index is 760. The van der Waals surface area contributed by atoms with Crippen LogP contribution in [0.4, 0.5) is 5.69 Å². The molecule has 6 heteroatoms. The molecule has 0 radical (unpaired) electrons. The van der Waals surface area contributed by atoms with Crippen molar-refractivity contribution in [3.63, 3.8) is 0 Å². The van der Waals surface area contributed by atoms with Crippen molar-refractivity contribution in [1.82, 2.24) is 15.6 Å². The average Bonchev–Trinajstić information content (AvgIpc) is 3.39. The van der Waals surface area contributed by atoms with Gasteiger partial charge in [-0.25, -0.2) is 0 Å². The van der Waals surface area contributed by atoms with Gasteiger partial charge in [-0.05, 0) is 49.3 Å². The van der Waals surface area contributed by atoms with E-state index in [0.29, 0.717) is 29.5 Å². The van der Waals surface area contributed by atoms with E-state index in [2.05, 4.69) is 20.9 Å². The van der Waals surface area contributed by atoms with Crippen molar-refractivity contribution >= 4 is 17.5 Å². The predicted octanol–water partition coefficient (Wildman–Crippen LogP) is 2.18. The number of carbonyl (C=O) groups is 2. The molecule has 2 saturated carbocycles. The highest BCUT2D eigenvalue weighted by Gasteiger charge is 2.30. The van der Waals surface area contributed by atoms with Crippen molar-refractivity contribution < 1.29 is 9.59 Å². The molecule has 2 fully saturated rings. The molecule has 6 nitrogen and oxygen atoms in total. The highest BCUT2D eigenvalue weighted by Crippen LogP contribution is 2.36. The molecule has 1 aromatic heterocycles. The van der Waals surface area contributed by atoms with Crippen LogP contribution in [0.15, 0.2) is 42.0 Å². The van der Waals surface area contributed by atoms with Crippen LogP contribution in [0.3, 0.4) is 0 Å². The van der Waals surface area contributed by atoms with Gasteiger partial charge in [0.2, 0.25) is 5.91 Å². The molecule has 2 amide bonds. The van der Waals surface area contributed by atoms with Crippen LogP contribution >= 0.6 is 0 Å². The van der Waals surface area contributed by atoms with Crippen LogP contribution in [0.1, 0.15) is 43.6 Å². The molecule has 0 atom stereocenters. The van der Waals surface area contributed by atoms with Gasteiger partial charge in [0.15, 0.2) is 0 Å². The molecule has 130 valence electrons. The van der Waals surface area contributed by atoms with Gasteiger partial charge in [-0.3, -0.25) is 14.6 Å². The Kier molecular flexibility index (Phi) is 4.26. The van der Waals surface area contributed by atoms with Gasteiger partial charge in [0.1, 0.15) is 5.82 Å². The van der Waals surface area contributed by atoms with Gasteiger partial charge in [-0.1, -0.05) is 12.5 Å². The lowest BCUT2D eigenvalue weighted by Crippen LogP contribution is -2.35. The first-order chi connectivity index (χ1) is 12.2. The Labute approximate surface area is 146 Å². The zero-order chi connectivity index (χ0) is 17.2. The quantitative estimate of drug-likeness (QED) is 0.768. The maximum atomic E-state index is 12.5. The minimum atomic E-state index is -0.188. The highest BCUT2D eigenvalue weighted by molar-refractivity contribution is 6.06. The van der Waals surface area contributed by atoms with Gasteiger partial charge >= 0.3 is 0 Å². The van der Waals surface area contributed by atoms with E-state index in [1.807, 2.05) is 18.3 Å². The third-order valence-corrected chi connectivity index (χ3v) is 4.98. The normalized spacial score (nSPS) is 19.8. The second-order valence-electron chi connectivity index (χ2n) is 6.95. The molecule has 1 aromatic rings. The summed E-state index contributed by atoms with van der Waals surface area (Å²) in [6.07, 6.45) is 12.6. The zero-order valence-corrected chi connectivity index (χ0v) is 14.0. The monoisotopic (exact) mass is 338 g/mol. The van der Waals surface area contributed by atoms with Crippen LogP contribution in [-0.2, 0) is 9.59 Å². The van der Waals surface area contributed by atoms with Crippen molar-refractivity contribution in [3.8, 4) is 0 Å². The lowest BCUT2D eigenvalue weighted by atomic mass is 9.81. The van der Waals surface area contributed by atoms with Gasteiger partial charge in [-0.15, -0.1) is 0 Å². The zero-order valence-electron chi connectivity index (χ0n) is 14.0. The number of dihydropyridines is 1. The van der Waals surface area contributed by atoms with E-state index in [0.717, 1.165) is 12.8 Å². The first kappa shape index (κ1) is 15.9. The summed E-state index contributed by atoms with van der Waals surface area (Å²) in [4.78, 5) is 28.6. The Morgan fingerprint density at radius 1 is 1.12 bits per heavy atom. The van der Waals surface area contributed by atoms with Crippen LogP contribution in [0, 0.1) is 5.92 Å². The molecular weight excluding hydrogens is 316 g/mol. The summed E-state index contributed by atoms with van der Waals surface area (Å²) in [6, 6.07) is 2.01. The van der Waals surface area contributed by atoms with E-state index in [1.54, 1.807) is 12.3 Å². The maximum absolute atomic E-state index is 12.5. The first-order valence-corrected chi connectivity index (χ1v) is 8.92. The average molecular weight is 338 g/mol. The van der Waals surface area contributed by atoms with E-state index < -0.39 is 0 Å². The van der Waals surface area contributed by atoms with Crippen molar-refractivity contribution in [2.75, 3.05) is 11.9 Å². The smallest absolute Gasteiger partial charge is 0.255 e. The van der Waals surface area contributed by atoms with Crippen LogP contribution in [0.5, 0.6) is 0 Å². The fourth-order valence-corrected chi connectivity index (χ4v) is 3.05. The predicted molar refractivity (Wildman–Crippen MR) is 94.5 cm³/mol. The van der Waals surface area contributed by atoms with Crippen molar-refractivity contribution in [2.45, 2.75) is 38.0 Å². The molecule has 3 aliphatic rings. The Morgan fingerprint density at radius 2 is 1.96 bits per heavy atom. The number of nitrogens with one attached hydrogen (secondary N) is 3. The first-order valence-electron chi connectivity index (χ1n) is 8.92. The minimum Gasteiger partial charge on any atom is -0.368 e. The molecule has 4 rings (SSSR count). The maximum Gasteiger partial charge on any atom is 0.255 e. The van der Waals surface area contributed by atoms with Crippen molar-refractivity contribution in [1.29, 1.82) is 0 Å². The fraction of sp³-hybridized carbons (Fsp3) is 0.421. The molecule has 3 N–H and O–H groups in total. The number of rotatable bonds is 5. The SMILES string of the molecule is O=C(Nc1cncc(C2CCC2)c1)C1=CCNC(NC(=O)C2CC2)=C1. The summed E-state index contributed by atoms with van der Waals surface area (Å²) in [5.41, 5.74) is 2.45. The van der Waals surface area contributed by atoms with Gasteiger partial charge in [0.25, 0.3) is 5.91 Å². The van der Waals surface area contributed by atoms with Crippen LogP contribution < -0.4 is 16.0 Å². The largest absolute Gasteiger partial charge is 0.368 e. The Balaban J connectivity index is 1.40. The Morgan fingerprint density at radius 3 is 2.68 bits per heavy atom. The molecule has 2 aliphatic carbocycles. The minimum absolute atomic E-state index is 0.0257. The van der Waals surface area contributed by atoms with E-state index in [9.17, 15) is 9.59 Å². The lowest BCUT2D eigenvalue weighted by molar-refractivity contribution is -0.121. The summed E-state index contributed by atoms with van der Waals surface area (Å²) in [5, 5.41) is 8.84. The van der Waals surface area contributed by atoms with Crippen LogP contribution in [0.2, 0.25) is 0 Å². The second-order valence-corrected chi connectivity index (χ2v) is 6.95. The van der Waals surface area contributed by atoms with E-state index >= 15 is 0 Å². The molecule has 0 unspecified atom stereocenters. The number of hydrogen-bond donors (Lipinski definition) is 3. The van der Waals surface area contributed by atoms with E-state index in [-0.39, 0.29) is 17.7 Å². The number of anilines is 1. The summed E-state index contributed by atoms with van der Waals surface area (Å²) in [7, 11) is 0. The van der Waals surface area contributed by atoms with Crippen LogP contribution in [-0.4, -0.2) is 23.3 Å². The summed E-state index contributed by atoms with van der Waals surface area (Å²) < 4.78 is 0.